The molecule has 0 spiro atoms. The molecule has 0 aliphatic heterocycles. The Morgan fingerprint density at radius 1 is 1.50 bits per heavy atom. The van der Waals surface area contributed by atoms with Gasteiger partial charge in [0.05, 0.1) is 18.6 Å². The molecule has 0 saturated heterocycles. The van der Waals surface area contributed by atoms with Gasteiger partial charge in [0.2, 0.25) is 0 Å². The van der Waals surface area contributed by atoms with E-state index in [4.69, 9.17) is 10.00 Å². The van der Waals surface area contributed by atoms with Crippen molar-refractivity contribution in [2.24, 2.45) is 5.92 Å². The maximum absolute atomic E-state index is 8.44. The smallest absolute Gasteiger partial charge is 0.0677 e. The topological polar surface area (TPSA) is 36.3 Å². The Hall–Kier alpha value is -0.590. The van der Waals surface area contributed by atoms with E-state index in [1.165, 1.54) is 0 Å². The number of hydrogen-bond donors (Lipinski definition) is 0. The van der Waals surface area contributed by atoms with E-state index in [0.717, 1.165) is 19.6 Å². The maximum Gasteiger partial charge on any atom is 0.0677 e. The third-order valence-electron chi connectivity index (χ3n) is 1.48. The summed E-state index contributed by atoms with van der Waals surface area (Å²) in [5.41, 5.74) is 0. The summed E-state index contributed by atoms with van der Waals surface area (Å²) >= 11 is 0. The van der Waals surface area contributed by atoms with Crippen LogP contribution in [0.25, 0.3) is 0 Å². The van der Waals surface area contributed by atoms with Crippen LogP contribution in [0.3, 0.4) is 0 Å². The van der Waals surface area contributed by atoms with Gasteiger partial charge in [-0.05, 0) is 34.0 Å². The molecule has 3 heteroatoms. The van der Waals surface area contributed by atoms with Crippen molar-refractivity contribution in [1.29, 1.82) is 5.26 Å². The zero-order valence-electron chi connectivity index (χ0n) is 8.21. The second-order valence-corrected chi connectivity index (χ2v) is 3.26. The highest BCUT2D eigenvalue weighted by Crippen LogP contribution is 1.93. The molecule has 0 rings (SSSR count). The lowest BCUT2D eigenvalue weighted by Crippen LogP contribution is -2.15. The SMILES string of the molecule is CC(C#N)COCCCN(C)C. The standard InChI is InChI=1S/C9H18N2O/c1-9(7-10)8-12-6-4-5-11(2)3/h9H,4-6,8H2,1-3H3. The second kappa shape index (κ2) is 7.08. The minimum absolute atomic E-state index is 0.0179. The van der Waals surface area contributed by atoms with Crippen molar-refractivity contribution in [3.05, 3.63) is 0 Å². The quantitative estimate of drug-likeness (QED) is 0.560. The lowest BCUT2D eigenvalue weighted by atomic mass is 10.2. The zero-order chi connectivity index (χ0) is 9.40. The van der Waals surface area contributed by atoms with Gasteiger partial charge in [0.1, 0.15) is 0 Å². The molecule has 0 bridgehead atoms. The van der Waals surface area contributed by atoms with Gasteiger partial charge >= 0.3 is 0 Å². The third-order valence-corrected chi connectivity index (χ3v) is 1.48. The fourth-order valence-corrected chi connectivity index (χ4v) is 0.780. The van der Waals surface area contributed by atoms with Crippen molar-refractivity contribution in [2.45, 2.75) is 13.3 Å². The molecule has 1 unspecified atom stereocenters. The van der Waals surface area contributed by atoms with Crippen LogP contribution in [0.1, 0.15) is 13.3 Å². The summed E-state index contributed by atoms with van der Waals surface area (Å²) < 4.78 is 5.29. The lowest BCUT2D eigenvalue weighted by molar-refractivity contribution is 0.111. The molecule has 0 amide bonds. The molecule has 0 aliphatic rings. The maximum atomic E-state index is 8.44. The van der Waals surface area contributed by atoms with Crippen molar-refractivity contribution in [3.8, 4) is 6.07 Å². The Bertz CT molecular complexity index is 140. The second-order valence-electron chi connectivity index (χ2n) is 3.26. The molecule has 0 aromatic carbocycles. The van der Waals surface area contributed by atoms with Crippen LogP contribution in [0.5, 0.6) is 0 Å². The number of hydrogen-bond acceptors (Lipinski definition) is 3. The summed E-state index contributed by atoms with van der Waals surface area (Å²) in [5.74, 6) is 0.0179. The average Bonchev–Trinajstić information content (AvgIpc) is 2.03. The van der Waals surface area contributed by atoms with Crippen LogP contribution in [0.4, 0.5) is 0 Å². The summed E-state index contributed by atoms with van der Waals surface area (Å²) in [4.78, 5) is 2.12. The first kappa shape index (κ1) is 11.4. The summed E-state index contributed by atoms with van der Waals surface area (Å²) in [6.45, 7) is 4.22. The van der Waals surface area contributed by atoms with Gasteiger partial charge in [-0.15, -0.1) is 0 Å². The minimum atomic E-state index is 0.0179. The molecule has 0 fully saturated rings. The van der Waals surface area contributed by atoms with E-state index < -0.39 is 0 Å². The Kier molecular flexibility index (Phi) is 6.73. The van der Waals surface area contributed by atoms with Crippen LogP contribution in [-0.4, -0.2) is 38.8 Å². The predicted molar refractivity (Wildman–Crippen MR) is 48.8 cm³/mol. The Morgan fingerprint density at radius 2 is 2.17 bits per heavy atom. The van der Waals surface area contributed by atoms with Crippen LogP contribution in [-0.2, 0) is 4.74 Å². The van der Waals surface area contributed by atoms with Gasteiger partial charge in [0.25, 0.3) is 0 Å². The van der Waals surface area contributed by atoms with Gasteiger partial charge in [-0.1, -0.05) is 0 Å². The molecule has 3 nitrogen and oxygen atoms in total. The van der Waals surface area contributed by atoms with Crippen molar-refractivity contribution < 1.29 is 4.74 Å². The largest absolute Gasteiger partial charge is 0.380 e. The van der Waals surface area contributed by atoms with Gasteiger partial charge in [0, 0.05) is 6.61 Å². The number of ether oxygens (including phenoxy) is 1. The Labute approximate surface area is 74.9 Å². The molecular formula is C9H18N2O. The van der Waals surface area contributed by atoms with E-state index in [9.17, 15) is 0 Å². The first-order valence-corrected chi connectivity index (χ1v) is 4.29. The molecule has 0 radical (unpaired) electrons. The highest BCUT2D eigenvalue weighted by atomic mass is 16.5. The minimum Gasteiger partial charge on any atom is -0.380 e. The molecule has 1 atom stereocenters. The molecule has 0 heterocycles. The van der Waals surface area contributed by atoms with Crippen molar-refractivity contribution in [2.75, 3.05) is 33.9 Å². The van der Waals surface area contributed by atoms with Gasteiger partial charge in [-0.25, -0.2) is 0 Å². The molecule has 0 saturated carbocycles. The highest BCUT2D eigenvalue weighted by molar-refractivity contribution is 4.77. The molecule has 0 aliphatic carbocycles. The number of nitriles is 1. The predicted octanol–water partition coefficient (Wildman–Crippen LogP) is 1.11. The fourth-order valence-electron chi connectivity index (χ4n) is 0.780. The van der Waals surface area contributed by atoms with Crippen molar-refractivity contribution in [1.82, 2.24) is 4.90 Å². The van der Waals surface area contributed by atoms with Crippen molar-refractivity contribution in [3.63, 3.8) is 0 Å². The first-order chi connectivity index (χ1) is 5.66. The summed E-state index contributed by atoms with van der Waals surface area (Å²) in [6.07, 6.45) is 1.03. The van der Waals surface area contributed by atoms with Crippen molar-refractivity contribution >= 4 is 0 Å². The van der Waals surface area contributed by atoms with Gasteiger partial charge in [0.15, 0.2) is 0 Å². The molecule has 12 heavy (non-hydrogen) atoms. The Balaban J connectivity index is 3.07. The first-order valence-electron chi connectivity index (χ1n) is 4.29. The van der Waals surface area contributed by atoms with Crippen LogP contribution in [0.2, 0.25) is 0 Å². The van der Waals surface area contributed by atoms with E-state index >= 15 is 0 Å². The van der Waals surface area contributed by atoms with Gasteiger partial charge in [-0.2, -0.15) is 5.26 Å². The molecule has 70 valence electrons. The normalized spacial score (nSPS) is 12.9. The van der Waals surface area contributed by atoms with Crippen LogP contribution < -0.4 is 0 Å². The molecule has 0 aromatic rings. The monoisotopic (exact) mass is 170 g/mol. The van der Waals surface area contributed by atoms with E-state index in [2.05, 4.69) is 11.0 Å². The lowest BCUT2D eigenvalue weighted by Gasteiger charge is -2.09. The van der Waals surface area contributed by atoms with E-state index in [0.29, 0.717) is 6.61 Å². The number of nitrogens with zero attached hydrogens (tertiary/aromatic N) is 2. The average molecular weight is 170 g/mol. The van der Waals surface area contributed by atoms with Crippen LogP contribution in [0.15, 0.2) is 0 Å². The van der Waals surface area contributed by atoms with E-state index in [-0.39, 0.29) is 5.92 Å². The summed E-state index contributed by atoms with van der Waals surface area (Å²) in [5, 5.41) is 8.44. The van der Waals surface area contributed by atoms with Crippen LogP contribution in [0, 0.1) is 17.2 Å². The third kappa shape index (κ3) is 7.52. The molecule has 0 aromatic heterocycles. The Morgan fingerprint density at radius 3 is 2.67 bits per heavy atom. The van der Waals surface area contributed by atoms with Gasteiger partial charge < -0.3 is 9.64 Å². The van der Waals surface area contributed by atoms with E-state index in [1.54, 1.807) is 0 Å². The van der Waals surface area contributed by atoms with E-state index in [1.807, 2.05) is 21.0 Å². The number of rotatable bonds is 6. The molecule has 0 N–H and O–H groups in total. The molecular weight excluding hydrogens is 152 g/mol. The zero-order valence-corrected chi connectivity index (χ0v) is 8.21. The fraction of sp³-hybridized carbons (Fsp3) is 0.889. The summed E-state index contributed by atoms with van der Waals surface area (Å²) in [7, 11) is 4.08. The van der Waals surface area contributed by atoms with Crippen LogP contribution >= 0.6 is 0 Å². The summed E-state index contributed by atoms with van der Waals surface area (Å²) in [6, 6.07) is 2.13. The highest BCUT2D eigenvalue weighted by Gasteiger charge is 1.98. The van der Waals surface area contributed by atoms with Gasteiger partial charge in [-0.3, -0.25) is 0 Å².